The van der Waals surface area contributed by atoms with E-state index < -0.39 is 5.92 Å². The minimum atomic E-state index is -0.408. The molecule has 2 aromatic rings. The Morgan fingerprint density at radius 2 is 1.95 bits per heavy atom. The fraction of sp³-hybridized carbons (Fsp3) is 0.235. The summed E-state index contributed by atoms with van der Waals surface area (Å²) in [6.45, 7) is 0.696. The Balaban J connectivity index is 2.17. The summed E-state index contributed by atoms with van der Waals surface area (Å²) in [5.74, 6) is -0.686. The number of hydrogen-bond donors (Lipinski definition) is 0. The van der Waals surface area contributed by atoms with Crippen LogP contribution in [0.1, 0.15) is 22.6 Å². The fourth-order valence-corrected chi connectivity index (χ4v) is 2.80. The molecule has 1 atom stereocenters. The second-order valence-corrected chi connectivity index (χ2v) is 5.20. The third-order valence-corrected chi connectivity index (χ3v) is 3.89. The van der Waals surface area contributed by atoms with Crippen LogP contribution < -0.4 is 0 Å². The summed E-state index contributed by atoms with van der Waals surface area (Å²) >= 11 is 0. The molecule has 0 fully saturated rings. The maximum absolute atomic E-state index is 13.5. The number of hydrogen-bond acceptors (Lipinski definition) is 1. The van der Waals surface area contributed by atoms with Gasteiger partial charge in [0.05, 0.1) is 5.92 Å². The molecule has 1 aliphatic rings. The summed E-state index contributed by atoms with van der Waals surface area (Å²) in [6, 6.07) is 14.3. The van der Waals surface area contributed by atoms with Crippen LogP contribution in [0, 0.1) is 5.82 Å². The van der Waals surface area contributed by atoms with Gasteiger partial charge in [-0.3, -0.25) is 4.79 Å². The maximum Gasteiger partial charge on any atom is 0.234 e. The van der Waals surface area contributed by atoms with Crippen molar-refractivity contribution in [3.05, 3.63) is 71.0 Å². The quantitative estimate of drug-likeness (QED) is 0.779. The molecule has 0 saturated carbocycles. The number of carbonyl (C=O) groups excluding carboxylic acids is 1. The third kappa shape index (κ3) is 2.20. The normalized spacial score (nSPS) is 18.6. The van der Waals surface area contributed by atoms with E-state index in [1.807, 2.05) is 30.3 Å². The first-order valence-electron chi connectivity index (χ1n) is 6.75. The van der Waals surface area contributed by atoms with Crippen molar-refractivity contribution >= 4 is 5.91 Å². The molecule has 0 saturated heterocycles. The number of likely N-dealkylation sites (N-methyl/N-ethyl adjacent to an activating group) is 1. The molecular weight excluding hydrogens is 253 g/mol. The molecule has 0 N–H and O–H groups in total. The Hall–Kier alpha value is -2.16. The molecule has 0 bridgehead atoms. The van der Waals surface area contributed by atoms with Crippen LogP contribution in [-0.2, 0) is 11.2 Å². The fourth-order valence-electron chi connectivity index (χ4n) is 2.80. The van der Waals surface area contributed by atoms with Crippen molar-refractivity contribution in [2.24, 2.45) is 0 Å². The van der Waals surface area contributed by atoms with E-state index in [9.17, 15) is 9.18 Å². The summed E-state index contributed by atoms with van der Waals surface area (Å²) in [5, 5.41) is 0. The van der Waals surface area contributed by atoms with Gasteiger partial charge in [0.1, 0.15) is 5.82 Å². The van der Waals surface area contributed by atoms with Gasteiger partial charge in [-0.1, -0.05) is 36.4 Å². The SMILES string of the molecule is CN1CCc2ccccc2C(c2cccc(F)c2)C1=O. The van der Waals surface area contributed by atoms with Crippen LogP contribution in [0.4, 0.5) is 4.39 Å². The summed E-state index contributed by atoms with van der Waals surface area (Å²) in [5.41, 5.74) is 2.88. The summed E-state index contributed by atoms with van der Waals surface area (Å²) < 4.78 is 13.5. The van der Waals surface area contributed by atoms with Gasteiger partial charge in [0.15, 0.2) is 0 Å². The number of nitrogens with zero attached hydrogens (tertiary/aromatic N) is 1. The average Bonchev–Trinajstić information content (AvgIpc) is 2.57. The maximum atomic E-state index is 13.5. The van der Waals surface area contributed by atoms with Crippen LogP contribution in [0.2, 0.25) is 0 Å². The van der Waals surface area contributed by atoms with E-state index in [0.29, 0.717) is 6.54 Å². The largest absolute Gasteiger partial charge is 0.345 e. The van der Waals surface area contributed by atoms with Crippen LogP contribution in [0.5, 0.6) is 0 Å². The Bertz CT molecular complexity index is 653. The first kappa shape index (κ1) is 12.9. The molecule has 1 unspecified atom stereocenters. The van der Waals surface area contributed by atoms with Crippen LogP contribution in [-0.4, -0.2) is 24.4 Å². The Labute approximate surface area is 117 Å². The van der Waals surface area contributed by atoms with E-state index in [-0.39, 0.29) is 11.7 Å². The number of benzene rings is 2. The molecule has 2 nitrogen and oxygen atoms in total. The Kier molecular flexibility index (Phi) is 3.26. The second kappa shape index (κ2) is 5.08. The number of carbonyl (C=O) groups is 1. The zero-order valence-electron chi connectivity index (χ0n) is 11.3. The van der Waals surface area contributed by atoms with E-state index in [2.05, 4.69) is 0 Å². The lowest BCUT2D eigenvalue weighted by Crippen LogP contribution is -2.31. The third-order valence-electron chi connectivity index (χ3n) is 3.89. The van der Waals surface area contributed by atoms with Crippen molar-refractivity contribution in [1.82, 2.24) is 4.90 Å². The van der Waals surface area contributed by atoms with Crippen LogP contribution >= 0.6 is 0 Å². The topological polar surface area (TPSA) is 20.3 Å². The van der Waals surface area contributed by atoms with Gasteiger partial charge in [-0.2, -0.15) is 0 Å². The predicted molar refractivity (Wildman–Crippen MR) is 76.0 cm³/mol. The molecule has 20 heavy (non-hydrogen) atoms. The molecule has 3 rings (SSSR count). The van der Waals surface area contributed by atoms with Crippen molar-refractivity contribution in [2.75, 3.05) is 13.6 Å². The molecule has 0 aliphatic carbocycles. The lowest BCUT2D eigenvalue weighted by atomic mass is 9.87. The molecule has 3 heteroatoms. The summed E-state index contributed by atoms with van der Waals surface area (Å²) in [4.78, 5) is 14.4. The minimum Gasteiger partial charge on any atom is -0.345 e. The zero-order chi connectivity index (χ0) is 14.1. The van der Waals surface area contributed by atoms with E-state index in [1.165, 1.54) is 17.7 Å². The summed E-state index contributed by atoms with van der Waals surface area (Å²) in [6.07, 6.45) is 0.838. The predicted octanol–water partition coefficient (Wildman–Crippen LogP) is 2.97. The standard InChI is InChI=1S/C17H16FNO/c1-19-10-9-12-5-2-3-8-15(12)16(17(19)20)13-6-4-7-14(18)11-13/h2-8,11,16H,9-10H2,1H3. The van der Waals surface area contributed by atoms with Gasteiger partial charge in [-0.25, -0.2) is 4.39 Å². The molecule has 0 radical (unpaired) electrons. The van der Waals surface area contributed by atoms with E-state index in [0.717, 1.165) is 17.5 Å². The van der Waals surface area contributed by atoms with E-state index in [4.69, 9.17) is 0 Å². The van der Waals surface area contributed by atoms with Gasteiger partial charge < -0.3 is 4.90 Å². The van der Waals surface area contributed by atoms with Crippen molar-refractivity contribution < 1.29 is 9.18 Å². The van der Waals surface area contributed by atoms with Gasteiger partial charge >= 0.3 is 0 Å². The molecule has 2 aromatic carbocycles. The Morgan fingerprint density at radius 1 is 1.15 bits per heavy atom. The highest BCUT2D eigenvalue weighted by molar-refractivity contribution is 5.88. The van der Waals surface area contributed by atoms with E-state index >= 15 is 0 Å². The highest BCUT2D eigenvalue weighted by Gasteiger charge is 2.30. The molecule has 1 amide bonds. The van der Waals surface area contributed by atoms with Crippen molar-refractivity contribution in [3.63, 3.8) is 0 Å². The second-order valence-electron chi connectivity index (χ2n) is 5.20. The van der Waals surface area contributed by atoms with Crippen molar-refractivity contribution in [2.45, 2.75) is 12.3 Å². The van der Waals surface area contributed by atoms with Crippen LogP contribution in [0.3, 0.4) is 0 Å². The molecule has 1 aliphatic heterocycles. The number of amides is 1. The van der Waals surface area contributed by atoms with Crippen molar-refractivity contribution in [3.8, 4) is 0 Å². The monoisotopic (exact) mass is 269 g/mol. The summed E-state index contributed by atoms with van der Waals surface area (Å²) in [7, 11) is 1.81. The van der Waals surface area contributed by atoms with Crippen LogP contribution in [0.15, 0.2) is 48.5 Å². The first-order valence-corrected chi connectivity index (χ1v) is 6.75. The molecule has 1 heterocycles. The van der Waals surface area contributed by atoms with Gasteiger partial charge in [0.2, 0.25) is 5.91 Å². The van der Waals surface area contributed by atoms with Gasteiger partial charge in [0, 0.05) is 13.6 Å². The highest BCUT2D eigenvalue weighted by Crippen LogP contribution is 2.32. The number of fused-ring (bicyclic) bond motifs is 1. The molecule has 102 valence electrons. The van der Waals surface area contributed by atoms with Gasteiger partial charge in [-0.05, 0) is 35.2 Å². The minimum absolute atomic E-state index is 0.0283. The van der Waals surface area contributed by atoms with Gasteiger partial charge in [-0.15, -0.1) is 0 Å². The van der Waals surface area contributed by atoms with Crippen molar-refractivity contribution in [1.29, 1.82) is 0 Å². The zero-order valence-corrected chi connectivity index (χ0v) is 11.3. The van der Waals surface area contributed by atoms with Gasteiger partial charge in [0.25, 0.3) is 0 Å². The molecule has 0 spiro atoms. The number of halogens is 1. The Morgan fingerprint density at radius 3 is 2.75 bits per heavy atom. The smallest absolute Gasteiger partial charge is 0.234 e. The van der Waals surface area contributed by atoms with E-state index in [1.54, 1.807) is 18.0 Å². The lowest BCUT2D eigenvalue weighted by Gasteiger charge is -2.21. The molecular formula is C17H16FNO. The van der Waals surface area contributed by atoms with Crippen LogP contribution in [0.25, 0.3) is 0 Å². The highest BCUT2D eigenvalue weighted by atomic mass is 19.1. The average molecular weight is 269 g/mol. The number of rotatable bonds is 1. The molecule has 0 aromatic heterocycles. The first-order chi connectivity index (χ1) is 9.66. The lowest BCUT2D eigenvalue weighted by molar-refractivity contribution is -0.130.